The molecule has 9 nitrogen and oxygen atoms in total. The van der Waals surface area contributed by atoms with Crippen molar-refractivity contribution >= 4 is 51.3 Å². The zero-order valence-corrected chi connectivity index (χ0v) is 18.8. The maximum atomic E-state index is 11.1. The molecule has 0 bridgehead atoms. The van der Waals surface area contributed by atoms with E-state index in [0.717, 1.165) is 33.4 Å². The van der Waals surface area contributed by atoms with Crippen molar-refractivity contribution in [3.8, 4) is 0 Å². The van der Waals surface area contributed by atoms with E-state index < -0.39 is 5.91 Å². The van der Waals surface area contributed by atoms with Crippen LogP contribution in [-0.2, 0) is 0 Å². The number of carbonyl (C=O) groups is 1. The van der Waals surface area contributed by atoms with Crippen LogP contribution in [0, 0.1) is 19.3 Å². The summed E-state index contributed by atoms with van der Waals surface area (Å²) >= 11 is 0. The second kappa shape index (κ2) is 11.2. The van der Waals surface area contributed by atoms with E-state index in [-0.39, 0.29) is 0 Å². The minimum atomic E-state index is -0.426. The van der Waals surface area contributed by atoms with Gasteiger partial charge in [0.2, 0.25) is 5.91 Å². The number of nitrogens with zero attached hydrogens (tertiary/aromatic N) is 3. The molecular formula is C24H28N8O. The highest BCUT2D eigenvalue weighted by Crippen LogP contribution is 2.22. The number of primary amides is 1. The van der Waals surface area contributed by atoms with E-state index in [9.17, 15) is 4.79 Å². The summed E-state index contributed by atoms with van der Waals surface area (Å²) in [5, 5.41) is 10.3. The van der Waals surface area contributed by atoms with Gasteiger partial charge in [0, 0.05) is 28.7 Å². The highest BCUT2D eigenvalue weighted by atomic mass is 16.1. The van der Waals surface area contributed by atoms with Gasteiger partial charge < -0.3 is 22.9 Å². The molecule has 1 amide bonds. The van der Waals surface area contributed by atoms with Gasteiger partial charge in [0.05, 0.1) is 5.84 Å². The Kier molecular flexibility index (Phi) is 8.39. The molecule has 4 rings (SSSR count). The molecule has 2 aromatic carbocycles. The molecule has 0 aliphatic carbocycles. The summed E-state index contributed by atoms with van der Waals surface area (Å²) in [7, 11) is 0. The summed E-state index contributed by atoms with van der Waals surface area (Å²) in [5.41, 5.74) is 24.3. The lowest BCUT2D eigenvalue weighted by molar-refractivity contribution is 0.1000. The summed E-state index contributed by atoms with van der Waals surface area (Å²) < 4.78 is 0. The standard InChI is InChI=1S/C11H11N3O.C10H10N2.C3H7N3/c1-6-4-9-7(2-3-14-10(9)12)5-8(6)11(13)15;1-7-2-3-9-8(6-7)4-5-12-10(9)11;1-3(5)6-2-4/h2-5H,1H3,(H2,12,14)(H2,13,15);2-6H,1H3,(H2,11,12);2H,1H3,(H3,4,5,6). The number of carbonyl (C=O) groups excluding carboxylic acids is 1. The Morgan fingerprint density at radius 3 is 2.00 bits per heavy atom. The van der Waals surface area contributed by atoms with E-state index in [2.05, 4.69) is 28.0 Å². The van der Waals surface area contributed by atoms with Crippen LogP contribution in [0.3, 0.4) is 0 Å². The van der Waals surface area contributed by atoms with Crippen LogP contribution in [0.2, 0.25) is 0 Å². The Hall–Kier alpha value is -4.53. The average Bonchev–Trinajstić information content (AvgIpc) is 2.75. The molecule has 0 radical (unpaired) electrons. The van der Waals surface area contributed by atoms with Gasteiger partial charge in [-0.3, -0.25) is 10.2 Å². The van der Waals surface area contributed by atoms with Crippen molar-refractivity contribution in [3.05, 3.63) is 71.5 Å². The maximum Gasteiger partial charge on any atom is 0.248 e. The van der Waals surface area contributed by atoms with E-state index in [1.807, 2.05) is 31.2 Å². The Bertz CT molecular complexity index is 1330. The lowest BCUT2D eigenvalue weighted by Gasteiger charge is -2.06. The predicted molar refractivity (Wildman–Crippen MR) is 136 cm³/mol. The summed E-state index contributed by atoms with van der Waals surface area (Å²) in [6.07, 6.45) is 4.25. The molecule has 0 fully saturated rings. The summed E-state index contributed by atoms with van der Waals surface area (Å²) in [6, 6.07) is 13.5. The minimum absolute atomic E-state index is 0.421. The van der Waals surface area contributed by atoms with Gasteiger partial charge in [-0.15, -0.1) is 0 Å². The summed E-state index contributed by atoms with van der Waals surface area (Å²) in [6.45, 7) is 5.52. The smallest absolute Gasteiger partial charge is 0.248 e. The van der Waals surface area contributed by atoms with Gasteiger partial charge in [-0.2, -0.15) is 0 Å². The quantitative estimate of drug-likeness (QED) is 0.233. The van der Waals surface area contributed by atoms with Crippen LogP contribution < -0.4 is 22.9 Å². The monoisotopic (exact) mass is 444 g/mol. The van der Waals surface area contributed by atoms with Crippen molar-refractivity contribution in [1.29, 1.82) is 5.41 Å². The van der Waals surface area contributed by atoms with Crippen molar-refractivity contribution in [2.75, 3.05) is 11.5 Å². The van der Waals surface area contributed by atoms with Crippen LogP contribution in [0.5, 0.6) is 0 Å². The molecule has 2 heterocycles. The van der Waals surface area contributed by atoms with E-state index in [0.29, 0.717) is 23.0 Å². The number of nitrogens with one attached hydrogen (secondary N) is 1. The number of benzene rings is 2. The van der Waals surface area contributed by atoms with Crippen LogP contribution in [0.15, 0.2) is 59.9 Å². The summed E-state index contributed by atoms with van der Waals surface area (Å²) in [4.78, 5) is 22.5. The molecule has 9 heteroatoms. The zero-order valence-electron chi connectivity index (χ0n) is 18.8. The molecule has 0 aliphatic heterocycles. The predicted octanol–water partition coefficient (Wildman–Crippen LogP) is 3.32. The van der Waals surface area contributed by atoms with Crippen LogP contribution in [0.4, 0.5) is 11.6 Å². The highest BCUT2D eigenvalue weighted by molar-refractivity contribution is 6.01. The van der Waals surface area contributed by atoms with Gasteiger partial charge in [0.15, 0.2) is 0 Å². The number of nitrogen functional groups attached to an aromatic ring is 2. The lowest BCUT2D eigenvalue weighted by Crippen LogP contribution is -2.12. The van der Waals surface area contributed by atoms with E-state index in [1.54, 1.807) is 31.5 Å². The number of aliphatic imine (C=N–C) groups is 1. The molecule has 0 aliphatic rings. The third-order valence-corrected chi connectivity index (χ3v) is 4.62. The molecule has 4 aromatic rings. The molecule has 0 unspecified atom stereocenters. The fourth-order valence-corrected chi connectivity index (χ4v) is 3.04. The first-order valence-corrected chi connectivity index (χ1v) is 9.98. The molecule has 0 spiro atoms. The van der Waals surface area contributed by atoms with Crippen LogP contribution in [0.25, 0.3) is 21.5 Å². The number of fused-ring (bicyclic) bond motifs is 2. The normalized spacial score (nSPS) is 10.6. The zero-order chi connectivity index (χ0) is 24.5. The summed E-state index contributed by atoms with van der Waals surface area (Å²) in [5.74, 6) is 1.06. The Morgan fingerprint density at radius 2 is 1.48 bits per heavy atom. The molecular weight excluding hydrogens is 416 g/mol. The Morgan fingerprint density at radius 1 is 0.909 bits per heavy atom. The Labute approximate surface area is 192 Å². The highest BCUT2D eigenvalue weighted by Gasteiger charge is 2.08. The number of rotatable bonds is 2. The van der Waals surface area contributed by atoms with Crippen molar-refractivity contribution in [3.63, 3.8) is 0 Å². The maximum absolute atomic E-state index is 11.1. The molecule has 170 valence electrons. The topological polar surface area (TPSA) is 183 Å². The van der Waals surface area contributed by atoms with E-state index in [4.69, 9.17) is 28.3 Å². The fraction of sp³-hybridized carbons (Fsp3) is 0.125. The van der Waals surface area contributed by atoms with Gasteiger partial charge in [0.25, 0.3) is 0 Å². The molecule has 9 N–H and O–H groups in total. The van der Waals surface area contributed by atoms with Gasteiger partial charge in [-0.1, -0.05) is 23.8 Å². The number of amidine groups is 1. The van der Waals surface area contributed by atoms with E-state index in [1.165, 1.54) is 5.56 Å². The Balaban J connectivity index is 0.000000192. The molecule has 0 saturated carbocycles. The van der Waals surface area contributed by atoms with Crippen LogP contribution in [0.1, 0.15) is 28.4 Å². The SMILES string of the molecule is CC(N)=NC=N.Cc1cc2c(N)nccc2cc1C(N)=O.Cc1ccc2c(N)nccc2c1. The second-order valence-electron chi connectivity index (χ2n) is 7.27. The van der Waals surface area contributed by atoms with Crippen LogP contribution in [-0.4, -0.2) is 28.0 Å². The van der Waals surface area contributed by atoms with Crippen molar-refractivity contribution in [1.82, 2.24) is 9.97 Å². The number of hydrogen-bond donors (Lipinski definition) is 5. The molecule has 2 aromatic heterocycles. The number of pyridine rings is 2. The van der Waals surface area contributed by atoms with Crippen molar-refractivity contribution in [2.24, 2.45) is 16.5 Å². The first-order valence-electron chi connectivity index (χ1n) is 9.98. The number of aryl methyl sites for hydroxylation is 2. The molecule has 0 saturated heterocycles. The lowest BCUT2D eigenvalue weighted by atomic mass is 10.0. The van der Waals surface area contributed by atoms with Crippen molar-refractivity contribution < 1.29 is 4.79 Å². The first-order chi connectivity index (χ1) is 15.6. The number of nitrogens with two attached hydrogens (primary N) is 4. The van der Waals surface area contributed by atoms with Gasteiger partial charge in [0.1, 0.15) is 18.0 Å². The fourth-order valence-electron chi connectivity index (χ4n) is 3.04. The van der Waals surface area contributed by atoms with Gasteiger partial charge >= 0.3 is 0 Å². The number of anilines is 2. The van der Waals surface area contributed by atoms with E-state index >= 15 is 0 Å². The largest absolute Gasteiger partial charge is 0.387 e. The average molecular weight is 445 g/mol. The third kappa shape index (κ3) is 6.73. The minimum Gasteiger partial charge on any atom is -0.387 e. The molecule has 33 heavy (non-hydrogen) atoms. The number of amides is 1. The van der Waals surface area contributed by atoms with Crippen molar-refractivity contribution in [2.45, 2.75) is 20.8 Å². The van der Waals surface area contributed by atoms with Gasteiger partial charge in [-0.05, 0) is 61.4 Å². The number of hydrogen-bond acceptors (Lipinski definition) is 6. The van der Waals surface area contributed by atoms with Gasteiger partial charge in [-0.25, -0.2) is 15.0 Å². The van der Waals surface area contributed by atoms with Crippen LogP contribution >= 0.6 is 0 Å². The number of aromatic nitrogens is 2. The second-order valence-corrected chi connectivity index (χ2v) is 7.27. The molecule has 0 atom stereocenters. The first kappa shape index (κ1) is 24.7. The third-order valence-electron chi connectivity index (χ3n) is 4.62.